The second kappa shape index (κ2) is 6.06. The highest BCUT2D eigenvalue weighted by molar-refractivity contribution is 7.10. The average Bonchev–Trinajstić information content (AvgIpc) is 3.00. The molecule has 0 aliphatic carbocycles. The van der Waals surface area contributed by atoms with Gasteiger partial charge in [-0.1, -0.05) is 17.7 Å². The van der Waals surface area contributed by atoms with Crippen LogP contribution in [0.2, 0.25) is 5.02 Å². The first-order chi connectivity index (χ1) is 10.4. The SMILES string of the molecule is FC(F)(F)c1cnc(N2CCOC(c3cccs3)C2)c(Cl)c1. The van der Waals surface area contributed by atoms with Gasteiger partial charge < -0.3 is 9.64 Å². The van der Waals surface area contributed by atoms with E-state index in [4.69, 9.17) is 16.3 Å². The quantitative estimate of drug-likeness (QED) is 0.804. The summed E-state index contributed by atoms with van der Waals surface area (Å²) in [6, 6.07) is 4.83. The number of hydrogen-bond acceptors (Lipinski definition) is 4. The first-order valence-corrected chi connectivity index (χ1v) is 7.83. The summed E-state index contributed by atoms with van der Waals surface area (Å²) in [5, 5.41) is 1.96. The van der Waals surface area contributed by atoms with Gasteiger partial charge in [0.05, 0.1) is 23.7 Å². The molecule has 1 aliphatic rings. The van der Waals surface area contributed by atoms with Gasteiger partial charge in [0, 0.05) is 17.6 Å². The summed E-state index contributed by atoms with van der Waals surface area (Å²) in [6.07, 6.45) is -3.75. The third-order valence-corrected chi connectivity index (χ3v) is 4.62. The summed E-state index contributed by atoms with van der Waals surface area (Å²) in [5.41, 5.74) is -0.843. The van der Waals surface area contributed by atoms with Crippen LogP contribution in [0.15, 0.2) is 29.8 Å². The first-order valence-electron chi connectivity index (χ1n) is 6.58. The van der Waals surface area contributed by atoms with E-state index in [-0.39, 0.29) is 11.1 Å². The van der Waals surface area contributed by atoms with Crippen LogP contribution in [0.1, 0.15) is 16.5 Å². The van der Waals surface area contributed by atoms with Gasteiger partial charge in [-0.2, -0.15) is 13.2 Å². The fraction of sp³-hybridized carbons (Fsp3) is 0.357. The Kier molecular flexibility index (Phi) is 4.29. The molecule has 1 atom stereocenters. The molecule has 8 heteroatoms. The van der Waals surface area contributed by atoms with Crippen LogP contribution in [0, 0.1) is 0 Å². The Morgan fingerprint density at radius 3 is 2.86 bits per heavy atom. The lowest BCUT2D eigenvalue weighted by atomic mass is 10.2. The van der Waals surface area contributed by atoms with Crippen molar-refractivity contribution in [3.05, 3.63) is 45.2 Å². The van der Waals surface area contributed by atoms with Crippen LogP contribution in [0.25, 0.3) is 0 Å². The number of rotatable bonds is 2. The summed E-state index contributed by atoms with van der Waals surface area (Å²) in [7, 11) is 0. The minimum absolute atomic E-state index is 0.00153. The number of hydrogen-bond donors (Lipinski definition) is 0. The normalized spacial score (nSPS) is 19.5. The second-order valence-corrected chi connectivity index (χ2v) is 6.23. The second-order valence-electron chi connectivity index (χ2n) is 4.85. The van der Waals surface area contributed by atoms with Crippen LogP contribution in [0.4, 0.5) is 19.0 Å². The molecule has 0 bridgehead atoms. The molecule has 0 spiro atoms. The molecule has 22 heavy (non-hydrogen) atoms. The Morgan fingerprint density at radius 1 is 1.41 bits per heavy atom. The van der Waals surface area contributed by atoms with Gasteiger partial charge in [0.2, 0.25) is 0 Å². The number of aromatic nitrogens is 1. The van der Waals surface area contributed by atoms with Gasteiger partial charge in [-0.15, -0.1) is 11.3 Å². The van der Waals surface area contributed by atoms with E-state index in [0.717, 1.165) is 17.1 Å². The van der Waals surface area contributed by atoms with Crippen molar-refractivity contribution in [2.24, 2.45) is 0 Å². The molecule has 3 rings (SSSR count). The zero-order valence-electron chi connectivity index (χ0n) is 11.3. The summed E-state index contributed by atoms with van der Waals surface area (Å²) < 4.78 is 43.7. The zero-order chi connectivity index (χ0) is 15.7. The molecule has 0 aromatic carbocycles. The minimum atomic E-state index is -4.44. The molecular formula is C14H12ClF3N2OS. The van der Waals surface area contributed by atoms with Gasteiger partial charge in [-0.25, -0.2) is 4.98 Å². The Balaban J connectivity index is 1.82. The summed E-state index contributed by atoms with van der Waals surface area (Å²) in [5.74, 6) is 0.361. The molecule has 0 N–H and O–H groups in total. The minimum Gasteiger partial charge on any atom is -0.369 e. The monoisotopic (exact) mass is 348 g/mol. The highest BCUT2D eigenvalue weighted by atomic mass is 35.5. The van der Waals surface area contributed by atoms with E-state index in [0.29, 0.717) is 25.5 Å². The average molecular weight is 349 g/mol. The number of alkyl halides is 3. The maximum absolute atomic E-state index is 12.7. The van der Waals surface area contributed by atoms with E-state index in [1.807, 2.05) is 22.4 Å². The Labute approximate surface area is 134 Å². The zero-order valence-corrected chi connectivity index (χ0v) is 12.9. The van der Waals surface area contributed by atoms with E-state index in [1.165, 1.54) is 0 Å². The van der Waals surface area contributed by atoms with Gasteiger partial charge in [0.1, 0.15) is 11.9 Å². The van der Waals surface area contributed by atoms with Gasteiger partial charge >= 0.3 is 6.18 Å². The number of thiophene rings is 1. The van der Waals surface area contributed by atoms with Crippen LogP contribution in [-0.2, 0) is 10.9 Å². The number of ether oxygens (including phenoxy) is 1. The van der Waals surface area contributed by atoms with Crippen molar-refractivity contribution in [1.82, 2.24) is 4.98 Å². The van der Waals surface area contributed by atoms with Gasteiger partial charge in [0.25, 0.3) is 0 Å². The fourth-order valence-electron chi connectivity index (χ4n) is 2.31. The maximum Gasteiger partial charge on any atom is 0.417 e. The van der Waals surface area contributed by atoms with Crippen LogP contribution >= 0.6 is 22.9 Å². The molecular weight excluding hydrogens is 337 g/mol. The lowest BCUT2D eigenvalue weighted by Crippen LogP contribution is -2.38. The standard InChI is InChI=1S/C14H12ClF3N2OS/c15-10-6-9(14(16,17)18)7-19-13(10)20-3-4-21-11(8-20)12-2-1-5-22-12/h1-2,5-7,11H,3-4,8H2. The number of pyridine rings is 1. The number of morpholine rings is 1. The lowest BCUT2D eigenvalue weighted by Gasteiger charge is -2.33. The molecule has 1 saturated heterocycles. The predicted octanol–water partition coefficient (Wildman–Crippen LogP) is 4.39. The maximum atomic E-state index is 12.7. The van der Waals surface area contributed by atoms with E-state index in [2.05, 4.69) is 4.98 Å². The molecule has 2 aromatic rings. The molecule has 1 unspecified atom stereocenters. The molecule has 1 fully saturated rings. The highest BCUT2D eigenvalue weighted by Crippen LogP contribution is 2.35. The highest BCUT2D eigenvalue weighted by Gasteiger charge is 2.32. The van der Waals surface area contributed by atoms with Crippen molar-refractivity contribution in [1.29, 1.82) is 0 Å². The number of halogens is 4. The summed E-state index contributed by atoms with van der Waals surface area (Å²) >= 11 is 7.58. The third-order valence-electron chi connectivity index (χ3n) is 3.38. The first kappa shape index (κ1) is 15.6. The summed E-state index contributed by atoms with van der Waals surface area (Å²) in [6.45, 7) is 1.53. The smallest absolute Gasteiger partial charge is 0.369 e. The molecule has 0 radical (unpaired) electrons. The van der Waals surface area contributed by atoms with E-state index >= 15 is 0 Å². The van der Waals surface area contributed by atoms with Gasteiger partial charge in [-0.3, -0.25) is 0 Å². The lowest BCUT2D eigenvalue weighted by molar-refractivity contribution is -0.137. The Bertz CT molecular complexity index is 648. The topological polar surface area (TPSA) is 25.4 Å². The number of nitrogens with zero attached hydrogens (tertiary/aromatic N) is 2. The summed E-state index contributed by atoms with van der Waals surface area (Å²) in [4.78, 5) is 6.84. The molecule has 2 aromatic heterocycles. The predicted molar refractivity (Wildman–Crippen MR) is 79.5 cm³/mol. The van der Waals surface area contributed by atoms with Crippen LogP contribution < -0.4 is 4.90 Å². The fourth-order valence-corrected chi connectivity index (χ4v) is 3.36. The number of anilines is 1. The van der Waals surface area contributed by atoms with Crippen molar-refractivity contribution in [2.75, 3.05) is 24.6 Å². The Hall–Kier alpha value is -1.31. The molecule has 3 nitrogen and oxygen atoms in total. The molecule has 1 aliphatic heterocycles. The van der Waals surface area contributed by atoms with E-state index < -0.39 is 11.7 Å². The van der Waals surface area contributed by atoms with E-state index in [1.54, 1.807) is 11.3 Å². The van der Waals surface area contributed by atoms with Gasteiger partial charge in [0.15, 0.2) is 0 Å². The molecule has 0 amide bonds. The Morgan fingerprint density at radius 2 is 2.23 bits per heavy atom. The largest absolute Gasteiger partial charge is 0.417 e. The van der Waals surface area contributed by atoms with Crippen molar-refractivity contribution >= 4 is 28.8 Å². The van der Waals surface area contributed by atoms with Crippen LogP contribution in [-0.4, -0.2) is 24.7 Å². The van der Waals surface area contributed by atoms with Gasteiger partial charge in [-0.05, 0) is 17.5 Å². The van der Waals surface area contributed by atoms with Crippen LogP contribution in [0.3, 0.4) is 0 Å². The molecule has 118 valence electrons. The molecule has 0 saturated carbocycles. The van der Waals surface area contributed by atoms with Crippen molar-refractivity contribution in [3.63, 3.8) is 0 Å². The third kappa shape index (κ3) is 3.21. The van der Waals surface area contributed by atoms with Crippen molar-refractivity contribution in [3.8, 4) is 0 Å². The van der Waals surface area contributed by atoms with E-state index in [9.17, 15) is 13.2 Å². The van der Waals surface area contributed by atoms with Crippen LogP contribution in [0.5, 0.6) is 0 Å². The van der Waals surface area contributed by atoms with Crippen molar-refractivity contribution < 1.29 is 17.9 Å². The molecule has 3 heterocycles. The van der Waals surface area contributed by atoms with Crippen molar-refractivity contribution in [2.45, 2.75) is 12.3 Å².